The van der Waals surface area contributed by atoms with Crippen LogP contribution in [0.2, 0.25) is 0 Å². The largest absolute Gasteiger partial charge is 0.384 e. The van der Waals surface area contributed by atoms with Gasteiger partial charge in [0.1, 0.15) is 0 Å². The maximum absolute atomic E-state index is 10.9. The van der Waals surface area contributed by atoms with E-state index in [1.54, 1.807) is 19.1 Å². The highest BCUT2D eigenvalue weighted by Crippen LogP contribution is 2.22. The van der Waals surface area contributed by atoms with Crippen LogP contribution < -0.4 is 5.32 Å². The molecule has 1 aliphatic rings. The number of rotatable bonds is 5. The van der Waals surface area contributed by atoms with Crippen LogP contribution in [0, 0.1) is 17.0 Å². The normalized spacial score (nSPS) is 16.3. The van der Waals surface area contributed by atoms with Crippen molar-refractivity contribution >= 4 is 23.1 Å². The Kier molecular flexibility index (Phi) is 5.04. The van der Waals surface area contributed by atoms with Gasteiger partial charge >= 0.3 is 0 Å². The maximum atomic E-state index is 10.9. The lowest BCUT2D eigenvalue weighted by atomic mass is 10.2. The molecular formula is C13H19N3O2S. The molecule has 0 aromatic heterocycles. The number of nitrogens with zero attached hydrogens (tertiary/aromatic N) is 2. The maximum Gasteiger partial charge on any atom is 0.274 e. The quantitative estimate of drug-likeness (QED) is 0.663. The van der Waals surface area contributed by atoms with E-state index in [9.17, 15) is 10.1 Å². The Morgan fingerprint density at radius 1 is 1.42 bits per heavy atom. The molecule has 1 aromatic carbocycles. The first kappa shape index (κ1) is 14.1. The minimum absolute atomic E-state index is 0.180. The molecule has 0 radical (unpaired) electrons. The minimum atomic E-state index is -0.331. The summed E-state index contributed by atoms with van der Waals surface area (Å²) in [5, 5.41) is 14.1. The molecule has 5 nitrogen and oxygen atoms in total. The molecule has 0 saturated carbocycles. The van der Waals surface area contributed by atoms with Crippen molar-refractivity contribution in [1.29, 1.82) is 0 Å². The highest BCUT2D eigenvalue weighted by atomic mass is 32.2. The minimum Gasteiger partial charge on any atom is -0.384 e. The molecule has 1 aromatic rings. The van der Waals surface area contributed by atoms with Gasteiger partial charge in [-0.2, -0.15) is 11.8 Å². The predicted molar refractivity (Wildman–Crippen MR) is 80.1 cm³/mol. The third-order valence-electron chi connectivity index (χ3n) is 3.27. The number of hydrogen-bond acceptors (Lipinski definition) is 5. The zero-order chi connectivity index (χ0) is 13.7. The van der Waals surface area contributed by atoms with Crippen LogP contribution in [0.5, 0.6) is 0 Å². The van der Waals surface area contributed by atoms with Crippen LogP contribution in [-0.4, -0.2) is 47.5 Å². The van der Waals surface area contributed by atoms with E-state index in [1.165, 1.54) is 11.5 Å². The van der Waals surface area contributed by atoms with Crippen molar-refractivity contribution in [2.45, 2.75) is 6.92 Å². The molecule has 0 unspecified atom stereocenters. The molecule has 104 valence electrons. The Balaban J connectivity index is 1.85. The van der Waals surface area contributed by atoms with Crippen molar-refractivity contribution in [3.05, 3.63) is 33.9 Å². The molecule has 1 saturated heterocycles. The van der Waals surface area contributed by atoms with Crippen LogP contribution in [0.1, 0.15) is 5.56 Å². The van der Waals surface area contributed by atoms with Gasteiger partial charge in [0.15, 0.2) is 0 Å². The van der Waals surface area contributed by atoms with Crippen LogP contribution in [0.15, 0.2) is 18.2 Å². The highest BCUT2D eigenvalue weighted by Gasteiger charge is 2.12. The lowest BCUT2D eigenvalue weighted by molar-refractivity contribution is -0.385. The molecule has 0 bridgehead atoms. The number of aryl methyl sites for hydroxylation is 1. The van der Waals surface area contributed by atoms with Crippen molar-refractivity contribution in [2.24, 2.45) is 0 Å². The third-order valence-corrected chi connectivity index (χ3v) is 4.21. The summed E-state index contributed by atoms with van der Waals surface area (Å²) >= 11 is 2.00. The monoisotopic (exact) mass is 281 g/mol. The predicted octanol–water partition coefficient (Wildman–Crippen LogP) is 2.36. The van der Waals surface area contributed by atoms with Gasteiger partial charge in [-0.15, -0.1) is 0 Å². The second-order valence-electron chi connectivity index (χ2n) is 4.64. The average Bonchev–Trinajstić information content (AvgIpc) is 2.41. The van der Waals surface area contributed by atoms with Crippen LogP contribution >= 0.6 is 11.8 Å². The van der Waals surface area contributed by atoms with Crippen LogP contribution in [0.4, 0.5) is 11.4 Å². The smallest absolute Gasteiger partial charge is 0.274 e. The fourth-order valence-corrected chi connectivity index (χ4v) is 3.08. The summed E-state index contributed by atoms with van der Waals surface area (Å²) in [5.74, 6) is 2.41. The summed E-state index contributed by atoms with van der Waals surface area (Å²) in [6.45, 7) is 5.85. The number of benzene rings is 1. The lowest BCUT2D eigenvalue weighted by Gasteiger charge is -2.26. The van der Waals surface area contributed by atoms with Gasteiger partial charge in [-0.25, -0.2) is 0 Å². The Morgan fingerprint density at radius 3 is 2.84 bits per heavy atom. The Bertz CT molecular complexity index is 448. The van der Waals surface area contributed by atoms with Crippen LogP contribution in [0.3, 0.4) is 0 Å². The van der Waals surface area contributed by atoms with Crippen molar-refractivity contribution in [3.8, 4) is 0 Å². The molecule has 0 amide bonds. The fourth-order valence-electron chi connectivity index (χ4n) is 2.10. The number of nitro groups is 1. The van der Waals surface area contributed by atoms with Gasteiger partial charge in [-0.05, 0) is 13.0 Å². The molecule has 0 aliphatic carbocycles. The SMILES string of the molecule is Cc1ccc(NCCN2CCSCC2)cc1[N+](=O)[O-]. The molecule has 19 heavy (non-hydrogen) atoms. The van der Waals surface area contributed by atoms with E-state index in [1.807, 2.05) is 17.8 Å². The lowest BCUT2D eigenvalue weighted by Crippen LogP contribution is -2.36. The van der Waals surface area contributed by atoms with Gasteiger partial charge in [0.05, 0.1) is 4.92 Å². The molecule has 0 spiro atoms. The number of hydrogen-bond donors (Lipinski definition) is 1. The number of nitro benzene ring substituents is 1. The fraction of sp³-hybridized carbons (Fsp3) is 0.538. The topological polar surface area (TPSA) is 58.4 Å². The summed E-state index contributed by atoms with van der Waals surface area (Å²) in [7, 11) is 0. The Labute approximate surface area is 117 Å². The van der Waals surface area contributed by atoms with E-state index in [0.717, 1.165) is 31.9 Å². The van der Waals surface area contributed by atoms with Gasteiger partial charge < -0.3 is 5.32 Å². The molecule has 0 atom stereocenters. The van der Waals surface area contributed by atoms with Gasteiger partial charge in [0.25, 0.3) is 5.69 Å². The third kappa shape index (κ3) is 4.11. The first-order valence-corrected chi connectivity index (χ1v) is 7.61. The number of anilines is 1. The first-order valence-electron chi connectivity index (χ1n) is 6.46. The zero-order valence-corrected chi connectivity index (χ0v) is 11.9. The molecule has 2 rings (SSSR count). The van der Waals surface area contributed by atoms with Gasteiger partial charge in [-0.3, -0.25) is 15.0 Å². The standard InChI is InChI=1S/C13H19N3O2S/c1-11-2-3-12(10-13(11)16(17)18)14-4-5-15-6-8-19-9-7-15/h2-3,10,14H,4-9H2,1H3. The van der Waals surface area contributed by atoms with E-state index in [4.69, 9.17) is 0 Å². The molecule has 1 heterocycles. The highest BCUT2D eigenvalue weighted by molar-refractivity contribution is 7.99. The summed E-state index contributed by atoms with van der Waals surface area (Å²) in [6, 6.07) is 5.30. The summed E-state index contributed by atoms with van der Waals surface area (Å²) < 4.78 is 0. The molecule has 6 heteroatoms. The Morgan fingerprint density at radius 2 is 2.16 bits per heavy atom. The first-order chi connectivity index (χ1) is 9.16. The molecule has 1 aliphatic heterocycles. The summed E-state index contributed by atoms with van der Waals surface area (Å²) in [4.78, 5) is 13.0. The van der Waals surface area contributed by atoms with Crippen molar-refractivity contribution in [3.63, 3.8) is 0 Å². The van der Waals surface area contributed by atoms with Crippen molar-refractivity contribution < 1.29 is 4.92 Å². The van der Waals surface area contributed by atoms with E-state index in [0.29, 0.717) is 5.56 Å². The van der Waals surface area contributed by atoms with Gasteiger partial charge in [-0.1, -0.05) is 6.07 Å². The number of thioether (sulfide) groups is 1. The van der Waals surface area contributed by atoms with Crippen LogP contribution in [0.25, 0.3) is 0 Å². The number of nitrogens with one attached hydrogen (secondary N) is 1. The van der Waals surface area contributed by atoms with E-state index >= 15 is 0 Å². The van der Waals surface area contributed by atoms with Crippen LogP contribution in [-0.2, 0) is 0 Å². The second kappa shape index (κ2) is 6.77. The zero-order valence-electron chi connectivity index (χ0n) is 11.1. The Hall–Kier alpha value is -1.27. The van der Waals surface area contributed by atoms with E-state index in [-0.39, 0.29) is 10.6 Å². The van der Waals surface area contributed by atoms with Crippen molar-refractivity contribution in [1.82, 2.24) is 4.90 Å². The summed E-state index contributed by atoms with van der Waals surface area (Å²) in [5.41, 5.74) is 1.70. The van der Waals surface area contributed by atoms with Gasteiger partial charge in [0.2, 0.25) is 0 Å². The van der Waals surface area contributed by atoms with E-state index < -0.39 is 0 Å². The molecule has 1 fully saturated rings. The van der Waals surface area contributed by atoms with Crippen molar-refractivity contribution in [2.75, 3.05) is 43.0 Å². The molecular weight excluding hydrogens is 262 g/mol. The van der Waals surface area contributed by atoms with Gasteiger partial charge in [0, 0.05) is 55.0 Å². The molecule has 1 N–H and O–H groups in total. The summed E-state index contributed by atoms with van der Waals surface area (Å²) in [6.07, 6.45) is 0. The average molecular weight is 281 g/mol. The second-order valence-corrected chi connectivity index (χ2v) is 5.86. The van der Waals surface area contributed by atoms with E-state index in [2.05, 4.69) is 10.2 Å².